The number of ether oxygens (including phenoxy) is 1. The quantitative estimate of drug-likeness (QED) is 0.129. The van der Waals surface area contributed by atoms with Gasteiger partial charge in [-0.05, 0) is 62.5 Å². The van der Waals surface area contributed by atoms with Crippen molar-refractivity contribution in [2.24, 2.45) is 0 Å². The second kappa shape index (κ2) is 15.8. The first-order chi connectivity index (χ1) is 21.5. The predicted octanol–water partition coefficient (Wildman–Crippen LogP) is 8.41. The van der Waals surface area contributed by atoms with Crippen LogP contribution in [0, 0.1) is 63.3 Å². The predicted molar refractivity (Wildman–Crippen MR) is 174 cm³/mol. The van der Waals surface area contributed by atoms with Gasteiger partial charge in [-0.1, -0.05) is 5.75 Å². The summed E-state index contributed by atoms with van der Waals surface area (Å²) in [6.45, 7) is 6.34. The van der Waals surface area contributed by atoms with Crippen LogP contribution in [0.1, 0.15) is 11.1 Å². The first kappa shape index (κ1) is 34.5. The summed E-state index contributed by atoms with van der Waals surface area (Å²) >= 11 is 0. The topological polar surface area (TPSA) is 33.5 Å². The molecule has 1 aliphatic heterocycles. The first-order valence-electron chi connectivity index (χ1n) is 14.0. The van der Waals surface area contributed by atoms with Crippen LogP contribution >= 0.6 is 0 Å². The van der Waals surface area contributed by atoms with Gasteiger partial charge in [-0.2, -0.15) is 54.8 Å². The number of aryl methyl sites for hydroxylation is 2. The molecule has 3 heterocycles. The van der Waals surface area contributed by atoms with E-state index in [1.807, 2.05) is 72.8 Å². The average molecular weight is 958 g/mol. The number of benzene rings is 4. The molecule has 46 heavy (non-hydrogen) atoms. The molecule has 0 radical (unpaired) electrons. The molecule has 0 atom stereocenters. The maximum absolute atomic E-state index is 6.57. The van der Waals surface area contributed by atoms with Crippen LogP contribution in [0.2, 0.25) is 0 Å². The summed E-state index contributed by atoms with van der Waals surface area (Å²) in [5, 5.41) is 0. The minimum absolute atomic E-state index is 0. The number of pyridine rings is 1. The number of hydrogen-bond acceptors (Lipinski definition) is 4. The van der Waals surface area contributed by atoms with E-state index in [0.717, 1.165) is 22.5 Å². The van der Waals surface area contributed by atoms with E-state index in [9.17, 15) is 0 Å². The molecule has 4 aromatic carbocycles. The molecular weight excluding hydrogens is 931 g/mol. The van der Waals surface area contributed by atoms with Gasteiger partial charge in [0.2, 0.25) is 0 Å². The van der Waals surface area contributed by atoms with Crippen molar-refractivity contribution in [3.8, 4) is 39.9 Å². The minimum atomic E-state index is 0. The van der Waals surface area contributed by atoms with Crippen molar-refractivity contribution in [3.63, 3.8) is 0 Å². The van der Waals surface area contributed by atoms with E-state index in [-0.39, 0.29) is 42.1 Å². The van der Waals surface area contributed by atoms with Crippen molar-refractivity contribution in [2.75, 3.05) is 16.8 Å². The molecule has 0 N–H and O–H groups in total. The van der Waals surface area contributed by atoms with Crippen LogP contribution in [-0.4, -0.2) is 16.6 Å². The molecule has 7 rings (SSSR count). The van der Waals surface area contributed by atoms with E-state index >= 15 is 0 Å². The van der Waals surface area contributed by atoms with Crippen LogP contribution in [0.4, 0.5) is 17.1 Å². The van der Waals surface area contributed by atoms with Gasteiger partial charge in [0.25, 0.3) is 0 Å². The molecule has 0 fully saturated rings. The fourth-order valence-corrected chi connectivity index (χ4v) is 4.74. The number of anilines is 3. The number of rotatable bonds is 5. The van der Waals surface area contributed by atoms with E-state index in [4.69, 9.17) is 11.2 Å². The van der Waals surface area contributed by atoms with Gasteiger partial charge >= 0.3 is 21.1 Å². The molecule has 0 aliphatic carbocycles. The van der Waals surface area contributed by atoms with Crippen molar-refractivity contribution in [1.82, 2.24) is 9.55 Å². The Hall–Kier alpha value is -4.35. The molecule has 0 spiro atoms. The molecule has 232 valence electrons. The molecular formula is C39H27N4OPt2-3. The molecule has 0 bridgehead atoms. The second-order valence-corrected chi connectivity index (χ2v) is 10.2. The number of nitrogens with zero attached hydrogens (tertiary/aromatic N) is 4. The Morgan fingerprint density at radius 1 is 0.804 bits per heavy atom. The fourth-order valence-electron chi connectivity index (χ4n) is 4.74. The third-order valence-electron chi connectivity index (χ3n) is 7.13. The third-order valence-corrected chi connectivity index (χ3v) is 7.13. The van der Waals surface area contributed by atoms with E-state index in [0.29, 0.717) is 22.8 Å². The Balaban J connectivity index is 0.000000475. The van der Waals surface area contributed by atoms with Gasteiger partial charge in [0, 0.05) is 50.6 Å². The van der Waals surface area contributed by atoms with Crippen LogP contribution in [-0.2, 0) is 42.1 Å². The average Bonchev–Trinajstić information content (AvgIpc) is 3.71. The Morgan fingerprint density at radius 2 is 1.57 bits per heavy atom. The van der Waals surface area contributed by atoms with Gasteiger partial charge < -0.3 is 42.1 Å². The zero-order valence-corrected chi connectivity index (χ0v) is 29.8. The van der Waals surface area contributed by atoms with Gasteiger partial charge in [-0.15, -0.1) is 30.0 Å². The van der Waals surface area contributed by atoms with Gasteiger partial charge in [0.15, 0.2) is 0 Å². The number of fused-ring (bicyclic) bond motifs is 1. The maximum atomic E-state index is 6.57. The summed E-state index contributed by atoms with van der Waals surface area (Å²) in [5.41, 5.74) is 8.92. The zero-order chi connectivity index (χ0) is 30.5. The molecule has 0 amide bonds. The summed E-state index contributed by atoms with van der Waals surface area (Å²) < 4.78 is 7.72. The third kappa shape index (κ3) is 7.89. The first-order valence-corrected chi connectivity index (χ1v) is 14.0. The number of hydrogen-bond donors (Lipinski definition) is 0. The molecule has 5 nitrogen and oxygen atoms in total. The largest absolute Gasteiger partial charge is 4.00 e. The van der Waals surface area contributed by atoms with E-state index in [2.05, 4.69) is 90.9 Å². The molecule has 0 saturated carbocycles. The second-order valence-electron chi connectivity index (χ2n) is 10.2. The SMILES string of the molecule is Cc1cc2c(cc1C)N(c1[c-]c(Oc3[c-]c(-c4[c-]c(-c5[c-]cccc5)ccn4)[c-]cc3)ccc1)[CH-]N2C.[C-]#Cn1cccc1.[Pt+4].[Pt]. The normalized spacial score (nSPS) is 11.3. The molecule has 7 heteroatoms. The smallest absolute Gasteiger partial charge is 0.669 e. The van der Waals surface area contributed by atoms with Crippen LogP contribution in [0.5, 0.6) is 11.5 Å². The van der Waals surface area contributed by atoms with Crippen molar-refractivity contribution in [1.29, 1.82) is 0 Å². The minimum Gasteiger partial charge on any atom is -0.669 e. The van der Waals surface area contributed by atoms with E-state index in [1.54, 1.807) is 23.2 Å². The summed E-state index contributed by atoms with van der Waals surface area (Å²) in [6.07, 6.45) is 11.9. The van der Waals surface area contributed by atoms with Crippen molar-refractivity contribution in [3.05, 3.63) is 158 Å². The van der Waals surface area contributed by atoms with Gasteiger partial charge in [-0.3, -0.25) is 12.1 Å². The molecule has 2 aromatic heterocycles. The van der Waals surface area contributed by atoms with Crippen molar-refractivity contribution in [2.45, 2.75) is 13.8 Å². The molecule has 0 saturated heterocycles. The van der Waals surface area contributed by atoms with Crippen LogP contribution in [0.15, 0.2) is 104 Å². The van der Waals surface area contributed by atoms with Crippen molar-refractivity contribution < 1.29 is 46.9 Å². The Morgan fingerprint density at radius 3 is 2.28 bits per heavy atom. The molecule has 6 aromatic rings. The Kier molecular flexibility index (Phi) is 11.8. The van der Waals surface area contributed by atoms with Gasteiger partial charge in [-0.25, -0.2) is 23.2 Å². The summed E-state index contributed by atoms with van der Waals surface area (Å²) in [4.78, 5) is 8.74. The molecule has 0 unspecified atom stereocenters. The van der Waals surface area contributed by atoms with E-state index < -0.39 is 0 Å². The maximum Gasteiger partial charge on any atom is 4.00 e. The van der Waals surface area contributed by atoms with Crippen LogP contribution < -0.4 is 14.5 Å². The Bertz CT molecular complexity index is 1930. The van der Waals surface area contributed by atoms with Gasteiger partial charge in [0.1, 0.15) is 0 Å². The van der Waals surface area contributed by atoms with Gasteiger partial charge in [0.05, 0.1) is 0 Å². The van der Waals surface area contributed by atoms with Crippen LogP contribution in [0.3, 0.4) is 0 Å². The van der Waals surface area contributed by atoms with E-state index in [1.165, 1.54) is 16.8 Å². The molecule has 1 aliphatic rings. The zero-order valence-electron chi connectivity index (χ0n) is 25.2. The van der Waals surface area contributed by atoms with Crippen molar-refractivity contribution >= 4 is 17.1 Å². The summed E-state index contributed by atoms with van der Waals surface area (Å²) in [7, 11) is 2.06. The standard InChI is InChI=1S/C33H23N3O.C6H4N.2Pt/c1-23-17-32-33(18-24(23)2)36(22-35(32)3)28-12-8-14-30(21-28)37-29-13-7-11-27(19-29)31-20-26(15-16-34-31)25-9-5-4-6-10-25;1-2-7-5-3-4-6-7;;/h4-9,12-18,22H,1-3H3;3-6H;;/q-6;-1;;+4. The summed E-state index contributed by atoms with van der Waals surface area (Å²) in [5.74, 6) is 1.16. The number of aromatic nitrogens is 2. The summed E-state index contributed by atoms with van der Waals surface area (Å²) in [6, 6.07) is 46.1. The van der Waals surface area contributed by atoms with Crippen LogP contribution in [0.25, 0.3) is 22.4 Å². The monoisotopic (exact) mass is 957 g/mol. The fraction of sp³-hybridized carbons (Fsp3) is 0.0769. The Labute approximate surface area is 300 Å².